The Bertz CT molecular complexity index is 243. The number of aromatic nitrogens is 1. The highest BCUT2D eigenvalue weighted by Gasteiger charge is 2.02. The molecule has 0 fully saturated rings. The topological polar surface area (TPSA) is 38.9 Å². The Morgan fingerprint density at radius 2 is 2.30 bits per heavy atom. The highest BCUT2D eigenvalue weighted by atomic mass is 127. The maximum Gasteiger partial charge on any atom is 0.132 e. The lowest BCUT2D eigenvalue weighted by Gasteiger charge is -1.99. The largest absolute Gasteiger partial charge is 0.398 e. The number of halogens is 3. The SMILES string of the molecule is Nc1cc(Cl)nc(Br)c1I. The van der Waals surface area contributed by atoms with Crippen LogP contribution in [0, 0.1) is 3.57 Å². The number of nitrogen functional groups attached to an aromatic ring is 1. The van der Waals surface area contributed by atoms with E-state index < -0.39 is 0 Å². The monoisotopic (exact) mass is 332 g/mol. The third-order valence-corrected chi connectivity index (χ3v) is 3.56. The van der Waals surface area contributed by atoms with E-state index in [0.29, 0.717) is 15.4 Å². The van der Waals surface area contributed by atoms with Gasteiger partial charge in [0, 0.05) is 0 Å². The van der Waals surface area contributed by atoms with Gasteiger partial charge in [-0.2, -0.15) is 0 Å². The van der Waals surface area contributed by atoms with E-state index in [9.17, 15) is 0 Å². The molecule has 0 saturated heterocycles. The van der Waals surface area contributed by atoms with Crippen LogP contribution in [0.4, 0.5) is 5.69 Å². The fraction of sp³-hybridized carbons (Fsp3) is 0. The minimum Gasteiger partial charge on any atom is -0.398 e. The molecule has 0 aliphatic rings. The van der Waals surface area contributed by atoms with Crippen LogP contribution in [0.25, 0.3) is 0 Å². The zero-order chi connectivity index (χ0) is 7.72. The fourth-order valence-corrected chi connectivity index (χ4v) is 1.49. The summed E-state index contributed by atoms with van der Waals surface area (Å²) in [5.74, 6) is 0. The predicted octanol–water partition coefficient (Wildman–Crippen LogP) is 2.68. The van der Waals surface area contributed by atoms with Crippen molar-refractivity contribution >= 4 is 55.8 Å². The maximum atomic E-state index is 5.60. The maximum absolute atomic E-state index is 5.60. The minimum absolute atomic E-state index is 0.407. The van der Waals surface area contributed by atoms with E-state index in [-0.39, 0.29) is 0 Å². The van der Waals surface area contributed by atoms with Gasteiger partial charge in [-0.1, -0.05) is 11.6 Å². The lowest BCUT2D eigenvalue weighted by atomic mass is 10.4. The Morgan fingerprint density at radius 3 is 2.80 bits per heavy atom. The Morgan fingerprint density at radius 1 is 1.70 bits per heavy atom. The molecule has 1 aromatic rings. The number of hydrogen-bond acceptors (Lipinski definition) is 2. The van der Waals surface area contributed by atoms with Crippen molar-refractivity contribution in [3.8, 4) is 0 Å². The first-order valence-corrected chi connectivity index (χ1v) is 4.63. The molecule has 0 atom stereocenters. The molecule has 0 spiro atoms. The molecule has 0 radical (unpaired) electrons. The van der Waals surface area contributed by atoms with Crippen LogP contribution in [0.5, 0.6) is 0 Å². The van der Waals surface area contributed by atoms with Crippen LogP contribution in [0.15, 0.2) is 10.7 Å². The molecule has 0 amide bonds. The predicted molar refractivity (Wildman–Crippen MR) is 54.1 cm³/mol. The van der Waals surface area contributed by atoms with E-state index in [1.54, 1.807) is 6.07 Å². The highest BCUT2D eigenvalue weighted by molar-refractivity contribution is 14.1. The van der Waals surface area contributed by atoms with Gasteiger partial charge < -0.3 is 5.73 Å². The summed E-state index contributed by atoms with van der Waals surface area (Å²) >= 11 is 10.9. The van der Waals surface area contributed by atoms with Gasteiger partial charge in [0.05, 0.1) is 9.26 Å². The quantitative estimate of drug-likeness (QED) is 0.586. The number of rotatable bonds is 0. The first kappa shape index (κ1) is 8.55. The molecule has 1 aromatic heterocycles. The number of pyridine rings is 1. The Kier molecular flexibility index (Phi) is 2.76. The lowest BCUT2D eigenvalue weighted by Crippen LogP contribution is -1.92. The van der Waals surface area contributed by atoms with Gasteiger partial charge in [-0.25, -0.2) is 4.98 Å². The Balaban J connectivity index is 3.31. The van der Waals surface area contributed by atoms with Crippen LogP contribution in [0.1, 0.15) is 0 Å². The van der Waals surface area contributed by atoms with Gasteiger partial charge in [0.25, 0.3) is 0 Å². The zero-order valence-corrected chi connectivity index (χ0v) is 9.24. The average Bonchev–Trinajstić information content (AvgIpc) is 1.82. The van der Waals surface area contributed by atoms with E-state index in [2.05, 4.69) is 43.5 Å². The molecule has 2 nitrogen and oxygen atoms in total. The number of anilines is 1. The van der Waals surface area contributed by atoms with E-state index in [1.165, 1.54) is 0 Å². The van der Waals surface area contributed by atoms with Crippen molar-refractivity contribution in [1.29, 1.82) is 0 Å². The second kappa shape index (κ2) is 3.23. The van der Waals surface area contributed by atoms with Crippen LogP contribution >= 0.6 is 50.1 Å². The summed E-state index contributed by atoms with van der Waals surface area (Å²) < 4.78 is 1.58. The summed E-state index contributed by atoms with van der Waals surface area (Å²) in [6, 6.07) is 1.62. The molecule has 1 rings (SSSR count). The van der Waals surface area contributed by atoms with Gasteiger partial charge in [-0.3, -0.25) is 0 Å². The molecule has 54 valence electrons. The van der Waals surface area contributed by atoms with Gasteiger partial charge in [0.2, 0.25) is 0 Å². The molecule has 0 bridgehead atoms. The van der Waals surface area contributed by atoms with Crippen molar-refractivity contribution < 1.29 is 0 Å². The molecule has 1 heterocycles. The summed E-state index contributed by atoms with van der Waals surface area (Å²) in [5, 5.41) is 0.407. The second-order valence-electron chi connectivity index (χ2n) is 1.64. The van der Waals surface area contributed by atoms with Crippen molar-refractivity contribution in [2.24, 2.45) is 0 Å². The first-order valence-electron chi connectivity index (χ1n) is 2.38. The molecule has 0 aliphatic heterocycles. The molecule has 0 unspecified atom stereocenters. The van der Waals surface area contributed by atoms with Crippen molar-refractivity contribution in [1.82, 2.24) is 4.98 Å². The first-order chi connectivity index (χ1) is 4.61. The van der Waals surface area contributed by atoms with Crippen LogP contribution in [0.2, 0.25) is 5.15 Å². The summed E-state index contributed by atoms with van der Waals surface area (Å²) in [6.45, 7) is 0. The third kappa shape index (κ3) is 1.73. The van der Waals surface area contributed by atoms with Crippen molar-refractivity contribution in [3.05, 3.63) is 19.4 Å². The van der Waals surface area contributed by atoms with E-state index >= 15 is 0 Å². The molecule has 0 aromatic carbocycles. The summed E-state index contributed by atoms with van der Waals surface area (Å²) in [5.41, 5.74) is 6.21. The smallest absolute Gasteiger partial charge is 0.132 e. The third-order valence-electron chi connectivity index (χ3n) is 0.914. The van der Waals surface area contributed by atoms with Gasteiger partial charge in [0.15, 0.2) is 0 Å². The van der Waals surface area contributed by atoms with Crippen molar-refractivity contribution in [2.75, 3.05) is 5.73 Å². The van der Waals surface area contributed by atoms with Crippen LogP contribution in [-0.2, 0) is 0 Å². The van der Waals surface area contributed by atoms with E-state index in [0.717, 1.165) is 3.57 Å². The summed E-state index contributed by atoms with van der Waals surface area (Å²) in [6.07, 6.45) is 0. The van der Waals surface area contributed by atoms with E-state index in [4.69, 9.17) is 17.3 Å². The lowest BCUT2D eigenvalue weighted by molar-refractivity contribution is 1.26. The number of hydrogen-bond donors (Lipinski definition) is 1. The average molecular weight is 333 g/mol. The van der Waals surface area contributed by atoms with Crippen LogP contribution in [-0.4, -0.2) is 4.98 Å². The summed E-state index contributed by atoms with van der Waals surface area (Å²) in [7, 11) is 0. The van der Waals surface area contributed by atoms with Gasteiger partial charge in [0.1, 0.15) is 9.76 Å². The standard InChI is InChI=1S/C5H3BrClIN2/c6-5-4(8)2(9)1-3(7)10-5/h1H,(H2,9,10). The van der Waals surface area contributed by atoms with Gasteiger partial charge in [-0.15, -0.1) is 0 Å². The highest BCUT2D eigenvalue weighted by Crippen LogP contribution is 2.25. The Labute approximate surface area is 85.4 Å². The fourth-order valence-electron chi connectivity index (χ4n) is 0.486. The zero-order valence-electron chi connectivity index (χ0n) is 4.74. The van der Waals surface area contributed by atoms with Crippen molar-refractivity contribution in [3.63, 3.8) is 0 Å². The Hall–Kier alpha value is 0.450. The van der Waals surface area contributed by atoms with Gasteiger partial charge in [-0.05, 0) is 44.6 Å². The van der Waals surface area contributed by atoms with Crippen LogP contribution in [0.3, 0.4) is 0 Å². The van der Waals surface area contributed by atoms with Gasteiger partial charge >= 0.3 is 0 Å². The number of nitrogens with zero attached hydrogens (tertiary/aromatic N) is 1. The molecular formula is C5H3BrClIN2. The molecular weight excluding hydrogens is 330 g/mol. The second-order valence-corrected chi connectivity index (χ2v) is 3.86. The molecule has 2 N–H and O–H groups in total. The van der Waals surface area contributed by atoms with E-state index in [1.807, 2.05) is 0 Å². The molecule has 0 aliphatic carbocycles. The normalized spacial score (nSPS) is 9.90. The molecule has 10 heavy (non-hydrogen) atoms. The number of nitrogens with two attached hydrogens (primary N) is 1. The molecule has 0 saturated carbocycles. The minimum atomic E-state index is 0.407. The molecule has 5 heteroatoms. The summed E-state index contributed by atoms with van der Waals surface area (Å²) in [4.78, 5) is 3.93. The van der Waals surface area contributed by atoms with Crippen molar-refractivity contribution in [2.45, 2.75) is 0 Å². The van der Waals surface area contributed by atoms with Crippen LogP contribution < -0.4 is 5.73 Å².